The molecule has 2 aliphatic rings. The van der Waals surface area contributed by atoms with E-state index in [4.69, 9.17) is 0 Å². The van der Waals surface area contributed by atoms with Gasteiger partial charge in [-0.25, -0.2) is 0 Å². The van der Waals surface area contributed by atoms with E-state index in [1.165, 1.54) is 12.8 Å². The molecule has 0 aromatic rings. The van der Waals surface area contributed by atoms with Crippen molar-refractivity contribution in [1.29, 1.82) is 0 Å². The standard InChI is InChI=1S/C9H13.C6H7.C2H6Si.2ClH.Zr/c1-9(2,3)8-6-4-5-7-8;1-6-4-2-3-5-6;1-3-2;;;/h4,6H,5H2,1-3H3;2,4H,3H2,1H3;1-2H3;2*1H;/q;;;;;+2/p-2. The third kappa shape index (κ3) is 4.80. The second-order valence-electron chi connectivity index (χ2n) is 6.89. The molecule has 0 radical (unpaired) electrons. The summed E-state index contributed by atoms with van der Waals surface area (Å²) in [5.41, 5.74) is 3.45. The molecule has 0 amide bonds. The van der Waals surface area contributed by atoms with Gasteiger partial charge in [0.2, 0.25) is 0 Å². The molecule has 0 bridgehead atoms. The average Bonchev–Trinajstić information content (AvgIpc) is 2.88. The molecule has 116 valence electrons. The monoisotopic (exact) mass is 418 g/mol. The van der Waals surface area contributed by atoms with E-state index in [1.54, 1.807) is 11.1 Å². The molecule has 0 N–H and O–H groups in total. The van der Waals surface area contributed by atoms with Crippen molar-refractivity contribution in [2.75, 3.05) is 0 Å². The Hall–Kier alpha value is 0.640. The van der Waals surface area contributed by atoms with Gasteiger partial charge in [-0.15, -0.1) is 0 Å². The topological polar surface area (TPSA) is 0 Å². The van der Waals surface area contributed by atoms with Gasteiger partial charge in [0.1, 0.15) is 0 Å². The maximum absolute atomic E-state index is 2.56. The third-order valence-corrected chi connectivity index (χ3v) is 21.6. The molecule has 21 heavy (non-hydrogen) atoms. The van der Waals surface area contributed by atoms with Crippen LogP contribution in [0.25, 0.3) is 0 Å². The fourth-order valence-corrected chi connectivity index (χ4v) is 21.9. The van der Waals surface area contributed by atoms with Crippen LogP contribution in [0.5, 0.6) is 0 Å². The minimum absolute atomic E-state index is 0. The van der Waals surface area contributed by atoms with E-state index in [1.807, 2.05) is 6.56 Å². The fraction of sp³-hybridized carbons (Fsp3) is 0.529. The summed E-state index contributed by atoms with van der Waals surface area (Å²) in [5, 5.41) is 0. The van der Waals surface area contributed by atoms with Crippen molar-refractivity contribution in [1.82, 2.24) is 0 Å². The minimum atomic E-state index is -1.56. The molecule has 0 aliphatic heterocycles. The fourth-order valence-electron chi connectivity index (χ4n) is 3.14. The van der Waals surface area contributed by atoms with Crippen LogP contribution in [0.3, 0.4) is 0 Å². The molecule has 0 unspecified atom stereocenters. The predicted molar refractivity (Wildman–Crippen MR) is 84.2 cm³/mol. The van der Waals surface area contributed by atoms with E-state index in [0.717, 1.165) is 0 Å². The van der Waals surface area contributed by atoms with E-state index >= 15 is 0 Å². The molecule has 0 saturated carbocycles. The number of hydrogen-bond acceptors (Lipinski definition) is 0. The van der Waals surface area contributed by atoms with Crippen molar-refractivity contribution >= 4 is 5.43 Å². The zero-order chi connectivity index (χ0) is 14.2. The van der Waals surface area contributed by atoms with E-state index in [-0.39, 0.29) is 30.2 Å². The van der Waals surface area contributed by atoms with Crippen molar-refractivity contribution in [3.63, 3.8) is 0 Å². The third-order valence-electron chi connectivity index (χ3n) is 4.01. The Morgan fingerprint density at radius 1 is 0.952 bits per heavy atom. The molecule has 0 aromatic heterocycles. The van der Waals surface area contributed by atoms with Gasteiger partial charge in [-0.3, -0.25) is 0 Å². The molecule has 0 heterocycles. The normalized spacial score (nSPS) is 16.6. The van der Waals surface area contributed by atoms with Gasteiger partial charge < -0.3 is 24.8 Å². The maximum Gasteiger partial charge on any atom is -1.00 e. The molecular weight excluding hydrogens is 394 g/mol. The Bertz CT molecular complexity index is 554. The quantitative estimate of drug-likeness (QED) is 0.522. The summed E-state index contributed by atoms with van der Waals surface area (Å²) >= 11 is -1.56. The van der Waals surface area contributed by atoms with Crippen LogP contribution in [0.15, 0.2) is 42.0 Å². The molecule has 0 atom stereocenters. The Balaban J connectivity index is 0.00000200. The van der Waals surface area contributed by atoms with Crippen molar-refractivity contribution < 1.29 is 45.2 Å². The molecule has 0 aromatic carbocycles. The number of rotatable bonds is 2. The largest absolute Gasteiger partial charge is 1.00 e. The first-order valence-electron chi connectivity index (χ1n) is 7.27. The maximum atomic E-state index is 2.56. The smallest absolute Gasteiger partial charge is 1.00 e. The first-order valence-corrected chi connectivity index (χ1v) is 15.9. The summed E-state index contributed by atoms with van der Waals surface area (Å²) in [7, 11) is 0. The van der Waals surface area contributed by atoms with Crippen LogP contribution in [0, 0.1) is 5.41 Å². The Morgan fingerprint density at radius 2 is 1.48 bits per heavy atom. The van der Waals surface area contributed by atoms with Gasteiger partial charge >= 0.3 is 127 Å². The zero-order valence-corrected chi connectivity index (χ0v) is 18.9. The number of hydrogen-bond donors (Lipinski definition) is 0. The molecule has 2 aliphatic carbocycles. The first-order chi connectivity index (χ1) is 8.82. The molecule has 0 spiro atoms. The summed E-state index contributed by atoms with van der Waals surface area (Å²) in [6, 6.07) is 0. The van der Waals surface area contributed by atoms with E-state index in [9.17, 15) is 0 Å². The van der Waals surface area contributed by atoms with Crippen LogP contribution in [0.4, 0.5) is 0 Å². The molecule has 4 heteroatoms. The minimum Gasteiger partial charge on any atom is -1.00 e. The van der Waals surface area contributed by atoms with Crippen LogP contribution >= 0.6 is 0 Å². The summed E-state index contributed by atoms with van der Waals surface area (Å²) < 4.78 is 3.80. The summed E-state index contributed by atoms with van der Waals surface area (Å²) in [6.45, 7) is 14.6. The van der Waals surface area contributed by atoms with Crippen LogP contribution in [0.2, 0.25) is 13.1 Å². The average molecular weight is 421 g/mol. The zero-order valence-electron chi connectivity index (χ0n) is 14.0. The summed E-state index contributed by atoms with van der Waals surface area (Å²) in [6.07, 6.45) is 12.1. The molecule has 0 fully saturated rings. The van der Waals surface area contributed by atoms with Gasteiger partial charge in [0.25, 0.3) is 0 Å². The van der Waals surface area contributed by atoms with Crippen molar-refractivity contribution in [2.24, 2.45) is 5.41 Å². The molecule has 0 nitrogen and oxygen atoms in total. The van der Waals surface area contributed by atoms with Crippen LogP contribution in [-0.4, -0.2) is 5.43 Å². The van der Waals surface area contributed by atoms with Crippen molar-refractivity contribution in [2.45, 2.75) is 53.6 Å². The van der Waals surface area contributed by atoms with E-state index in [2.05, 4.69) is 65.1 Å². The van der Waals surface area contributed by atoms with Gasteiger partial charge in [0.15, 0.2) is 0 Å². The summed E-state index contributed by atoms with van der Waals surface area (Å²) in [4.78, 5) is 0. The SMILES string of the molecule is CC1=[C]([Zr+2]([C]2=C(C(C)(C)C)C=CC2)=[Si](C)C)CC=C1.[Cl-].[Cl-]. The van der Waals surface area contributed by atoms with Gasteiger partial charge in [-0.05, 0) is 0 Å². The number of halogens is 2. The number of allylic oxidation sites excluding steroid dienone is 8. The second kappa shape index (κ2) is 8.48. The predicted octanol–water partition coefficient (Wildman–Crippen LogP) is -0.642. The second-order valence-corrected chi connectivity index (χ2v) is 24.0. The van der Waals surface area contributed by atoms with Crippen LogP contribution in [-0.2, 0) is 20.4 Å². The van der Waals surface area contributed by atoms with Crippen molar-refractivity contribution in [3.8, 4) is 0 Å². The van der Waals surface area contributed by atoms with E-state index in [0.29, 0.717) is 5.41 Å². The molecule has 2 rings (SSSR count). The Morgan fingerprint density at radius 3 is 1.90 bits per heavy atom. The first kappa shape index (κ1) is 21.6. The van der Waals surface area contributed by atoms with Gasteiger partial charge in [-0.2, -0.15) is 0 Å². The van der Waals surface area contributed by atoms with Gasteiger partial charge in [-0.1, -0.05) is 0 Å². The Kier molecular flexibility index (Phi) is 8.74. The van der Waals surface area contributed by atoms with Crippen molar-refractivity contribution in [3.05, 3.63) is 42.0 Å². The van der Waals surface area contributed by atoms with Crippen LogP contribution < -0.4 is 24.8 Å². The van der Waals surface area contributed by atoms with E-state index < -0.39 is 20.4 Å². The molecule has 0 saturated heterocycles. The van der Waals surface area contributed by atoms with Gasteiger partial charge in [0, 0.05) is 0 Å². The summed E-state index contributed by atoms with van der Waals surface area (Å²) in [5.74, 6) is 0. The van der Waals surface area contributed by atoms with Crippen LogP contribution in [0.1, 0.15) is 40.5 Å². The van der Waals surface area contributed by atoms with Gasteiger partial charge in [0.05, 0.1) is 0 Å². The Labute approximate surface area is 150 Å². The molecular formula is C17H26Cl2SiZr.